The van der Waals surface area contributed by atoms with Gasteiger partial charge in [0, 0.05) is 19.0 Å². The van der Waals surface area contributed by atoms with Gasteiger partial charge in [0.1, 0.15) is 0 Å². The van der Waals surface area contributed by atoms with Gasteiger partial charge in [-0.3, -0.25) is 0 Å². The fourth-order valence-electron chi connectivity index (χ4n) is 4.23. The average molecular weight is 296 g/mol. The second-order valence-corrected chi connectivity index (χ2v) is 8.34. The fraction of sp³-hybridized carbons (Fsp3) is 1.00. The smallest absolute Gasteiger partial charge is 0.403 e. The van der Waals surface area contributed by atoms with Crippen LogP contribution in [-0.4, -0.2) is 45.3 Å². The van der Waals surface area contributed by atoms with Gasteiger partial charge in [-0.25, -0.2) is 0 Å². The van der Waals surface area contributed by atoms with Crippen molar-refractivity contribution in [1.82, 2.24) is 0 Å². The van der Waals surface area contributed by atoms with Crippen molar-refractivity contribution in [2.24, 2.45) is 5.41 Å². The maximum atomic E-state index is 6.24. The molecule has 0 aromatic heterocycles. The molecule has 0 spiro atoms. The van der Waals surface area contributed by atoms with E-state index in [1.54, 1.807) is 7.11 Å². The van der Waals surface area contributed by atoms with E-state index in [0.29, 0.717) is 18.6 Å². The first-order valence-corrected chi connectivity index (χ1v) is 8.17. The van der Waals surface area contributed by atoms with Gasteiger partial charge in [0.15, 0.2) is 0 Å². The summed E-state index contributed by atoms with van der Waals surface area (Å²) in [5.74, 6) is 0. The molecule has 0 atom stereocenters. The summed E-state index contributed by atoms with van der Waals surface area (Å²) in [7, 11) is 1.69. The van der Waals surface area contributed by atoms with Crippen molar-refractivity contribution in [2.45, 2.75) is 69.9 Å². The normalized spacial score (nSPS) is 39.0. The van der Waals surface area contributed by atoms with Crippen LogP contribution in [0.15, 0.2) is 0 Å². The minimum absolute atomic E-state index is 0.0150. The largest absolute Gasteiger partial charge is 0.464 e. The third-order valence-electron chi connectivity index (χ3n) is 6.14. The molecule has 2 bridgehead atoms. The lowest BCUT2D eigenvalue weighted by atomic mass is 9.23. The summed E-state index contributed by atoms with van der Waals surface area (Å²) in [6.07, 6.45) is 4.89. The van der Waals surface area contributed by atoms with Crippen LogP contribution in [0.25, 0.3) is 0 Å². The van der Waals surface area contributed by atoms with Crippen LogP contribution in [0.4, 0.5) is 0 Å². The summed E-state index contributed by atoms with van der Waals surface area (Å²) < 4.78 is 23.1. The molecule has 1 aliphatic heterocycles. The van der Waals surface area contributed by atoms with E-state index in [2.05, 4.69) is 27.7 Å². The van der Waals surface area contributed by atoms with E-state index < -0.39 is 0 Å². The van der Waals surface area contributed by atoms with Gasteiger partial charge in [0.05, 0.1) is 24.4 Å². The molecule has 0 unspecified atom stereocenters. The van der Waals surface area contributed by atoms with Gasteiger partial charge in [-0.05, 0) is 58.8 Å². The summed E-state index contributed by atoms with van der Waals surface area (Å²) in [5, 5.41) is 0.289. The summed E-state index contributed by atoms with van der Waals surface area (Å²) in [6, 6.07) is 0. The highest BCUT2D eigenvalue weighted by Gasteiger charge is 2.75. The Bertz CT molecular complexity index is 371. The van der Waals surface area contributed by atoms with Crippen molar-refractivity contribution >= 4 is 7.12 Å². The molecule has 0 radical (unpaired) electrons. The molecule has 4 rings (SSSR count). The first-order chi connectivity index (χ1) is 9.74. The lowest BCUT2D eigenvalue weighted by molar-refractivity contribution is -0.127. The van der Waals surface area contributed by atoms with Gasteiger partial charge in [0.25, 0.3) is 0 Å². The van der Waals surface area contributed by atoms with Crippen molar-refractivity contribution in [3.63, 3.8) is 0 Å². The molecule has 120 valence electrons. The zero-order chi connectivity index (χ0) is 15.4. The third-order valence-corrected chi connectivity index (χ3v) is 6.14. The Morgan fingerprint density at radius 3 is 2.00 bits per heavy atom. The molecule has 21 heavy (non-hydrogen) atoms. The molecule has 1 heterocycles. The quantitative estimate of drug-likeness (QED) is 0.534. The van der Waals surface area contributed by atoms with Crippen molar-refractivity contribution < 1.29 is 18.8 Å². The Morgan fingerprint density at radius 1 is 0.905 bits per heavy atom. The molecular formula is C16H29BO4. The molecule has 5 heteroatoms. The first kappa shape index (κ1) is 15.8. The van der Waals surface area contributed by atoms with E-state index in [-0.39, 0.29) is 23.6 Å². The summed E-state index contributed by atoms with van der Waals surface area (Å²) >= 11 is 0. The van der Waals surface area contributed by atoms with Crippen molar-refractivity contribution in [3.05, 3.63) is 0 Å². The number of ether oxygens (including phenoxy) is 2. The molecule has 4 fully saturated rings. The maximum absolute atomic E-state index is 6.24. The van der Waals surface area contributed by atoms with Crippen LogP contribution in [-0.2, 0) is 18.8 Å². The second-order valence-electron chi connectivity index (χ2n) is 8.34. The second kappa shape index (κ2) is 4.95. The van der Waals surface area contributed by atoms with Gasteiger partial charge in [-0.2, -0.15) is 0 Å². The van der Waals surface area contributed by atoms with E-state index in [1.165, 1.54) is 19.3 Å². The Hall–Kier alpha value is -0.0951. The highest BCUT2D eigenvalue weighted by Crippen LogP contribution is 2.81. The molecule has 0 N–H and O–H groups in total. The predicted octanol–water partition coefficient (Wildman–Crippen LogP) is 3.06. The van der Waals surface area contributed by atoms with Crippen LogP contribution in [0.3, 0.4) is 0 Å². The zero-order valence-electron chi connectivity index (χ0n) is 14.2. The van der Waals surface area contributed by atoms with E-state index >= 15 is 0 Å². The lowest BCUT2D eigenvalue weighted by Gasteiger charge is -2.71. The molecular weight excluding hydrogens is 267 g/mol. The molecule has 3 aliphatic carbocycles. The van der Waals surface area contributed by atoms with Crippen LogP contribution in [0, 0.1) is 5.41 Å². The standard InChI is InChI=1S/C16H29BO4/c1-13(2)14(3,4)21-17(20-13)16-10-15(11-16,12-16)6-7-19-9-8-18-5/h6-12H2,1-5H3. The highest BCUT2D eigenvalue weighted by molar-refractivity contribution is 6.51. The Kier molecular flexibility index (Phi) is 3.72. The predicted molar refractivity (Wildman–Crippen MR) is 82.4 cm³/mol. The lowest BCUT2D eigenvalue weighted by Crippen LogP contribution is -2.64. The molecule has 0 aromatic carbocycles. The number of hydrogen-bond donors (Lipinski definition) is 0. The SMILES string of the molecule is COCCOCCC12CC(B3OC(C)(C)C(C)(C)O3)(C1)C2. The van der Waals surface area contributed by atoms with Gasteiger partial charge in [0.2, 0.25) is 0 Å². The maximum Gasteiger partial charge on any atom is 0.464 e. The van der Waals surface area contributed by atoms with Crippen LogP contribution in [0.5, 0.6) is 0 Å². The van der Waals surface area contributed by atoms with Crippen LogP contribution in [0.2, 0.25) is 5.31 Å². The van der Waals surface area contributed by atoms with E-state index in [9.17, 15) is 0 Å². The van der Waals surface area contributed by atoms with Gasteiger partial charge < -0.3 is 18.8 Å². The number of rotatable bonds is 7. The van der Waals surface area contributed by atoms with E-state index in [4.69, 9.17) is 18.8 Å². The molecule has 0 amide bonds. The molecule has 1 saturated heterocycles. The molecule has 3 saturated carbocycles. The van der Waals surface area contributed by atoms with Gasteiger partial charge in [-0.1, -0.05) is 0 Å². The van der Waals surface area contributed by atoms with Gasteiger partial charge >= 0.3 is 7.12 Å². The first-order valence-electron chi connectivity index (χ1n) is 8.17. The summed E-state index contributed by atoms with van der Waals surface area (Å²) in [5.41, 5.74) is 0.101. The molecule has 4 nitrogen and oxygen atoms in total. The van der Waals surface area contributed by atoms with Crippen LogP contribution in [0.1, 0.15) is 53.4 Å². The topological polar surface area (TPSA) is 36.9 Å². The van der Waals surface area contributed by atoms with Crippen molar-refractivity contribution in [1.29, 1.82) is 0 Å². The Balaban J connectivity index is 1.44. The van der Waals surface area contributed by atoms with E-state index in [0.717, 1.165) is 13.0 Å². The van der Waals surface area contributed by atoms with Gasteiger partial charge in [-0.15, -0.1) is 0 Å². The number of methoxy groups -OCH3 is 1. The monoisotopic (exact) mass is 296 g/mol. The van der Waals surface area contributed by atoms with E-state index in [1.807, 2.05) is 0 Å². The highest BCUT2D eigenvalue weighted by atomic mass is 16.7. The number of hydrogen-bond acceptors (Lipinski definition) is 4. The Morgan fingerprint density at radius 2 is 1.48 bits per heavy atom. The summed E-state index contributed by atoms with van der Waals surface area (Å²) in [4.78, 5) is 0. The van der Waals surface area contributed by atoms with Crippen LogP contribution >= 0.6 is 0 Å². The average Bonchev–Trinajstić information content (AvgIpc) is 2.48. The van der Waals surface area contributed by atoms with Crippen LogP contribution < -0.4 is 0 Å². The fourth-order valence-corrected chi connectivity index (χ4v) is 4.23. The summed E-state index contributed by atoms with van der Waals surface area (Å²) in [6.45, 7) is 10.8. The zero-order valence-corrected chi connectivity index (χ0v) is 14.2. The molecule has 4 aliphatic rings. The molecule has 0 aromatic rings. The Labute approximate surface area is 129 Å². The third kappa shape index (κ3) is 2.46. The minimum Gasteiger partial charge on any atom is -0.403 e. The van der Waals surface area contributed by atoms with Crippen molar-refractivity contribution in [2.75, 3.05) is 26.9 Å². The minimum atomic E-state index is -0.205. The van der Waals surface area contributed by atoms with Crippen molar-refractivity contribution in [3.8, 4) is 0 Å².